The van der Waals surface area contributed by atoms with Crippen LogP contribution in [0, 0.1) is 6.92 Å². The molecule has 11 heteroatoms. The van der Waals surface area contributed by atoms with E-state index < -0.39 is 5.91 Å². The molecule has 4 rings (SSSR count). The van der Waals surface area contributed by atoms with Gasteiger partial charge in [-0.3, -0.25) is 9.48 Å². The molecule has 9 nitrogen and oxygen atoms in total. The molecule has 3 aromatic heterocycles. The van der Waals surface area contributed by atoms with Crippen LogP contribution < -0.4 is 10.6 Å². The molecule has 0 aliphatic carbocycles. The van der Waals surface area contributed by atoms with Gasteiger partial charge in [-0.1, -0.05) is 29.3 Å². The van der Waals surface area contributed by atoms with Crippen molar-refractivity contribution in [1.82, 2.24) is 30.0 Å². The molecule has 4 aromatic rings. The standard InChI is InChI=1S/C20H17Cl2N7O2/c1-11-8-24-20(27-16-6-7-25-29(16)2)28-17(11)15-10-31-19(26-15)18(30)23-9-12-13(21)4-3-5-14(12)22/h3-8,10H,9H2,1-2H3,(H,23,30)(H,24,27,28). The molecule has 2 N–H and O–H groups in total. The maximum atomic E-state index is 12.5. The highest BCUT2D eigenvalue weighted by Crippen LogP contribution is 2.25. The lowest BCUT2D eigenvalue weighted by Gasteiger charge is -2.07. The summed E-state index contributed by atoms with van der Waals surface area (Å²) in [5.41, 5.74) is 2.34. The van der Waals surface area contributed by atoms with Crippen LogP contribution in [0.25, 0.3) is 11.4 Å². The molecule has 0 aliphatic heterocycles. The van der Waals surface area contributed by atoms with Crippen molar-refractivity contribution < 1.29 is 9.21 Å². The Bertz CT molecular complexity index is 1230. The maximum absolute atomic E-state index is 12.5. The van der Waals surface area contributed by atoms with E-state index in [4.69, 9.17) is 27.6 Å². The number of benzene rings is 1. The number of carbonyl (C=O) groups is 1. The zero-order chi connectivity index (χ0) is 22.0. The maximum Gasteiger partial charge on any atom is 0.307 e. The Morgan fingerprint density at radius 1 is 1.19 bits per heavy atom. The molecule has 0 saturated heterocycles. The van der Waals surface area contributed by atoms with Crippen molar-refractivity contribution in [2.75, 3.05) is 5.32 Å². The van der Waals surface area contributed by atoms with Gasteiger partial charge in [0, 0.05) is 41.5 Å². The third-order valence-corrected chi connectivity index (χ3v) is 5.17. The van der Waals surface area contributed by atoms with Crippen LogP contribution in [-0.2, 0) is 13.6 Å². The Morgan fingerprint density at radius 3 is 2.68 bits per heavy atom. The molecule has 0 radical (unpaired) electrons. The van der Waals surface area contributed by atoms with Crippen molar-refractivity contribution in [1.29, 1.82) is 0 Å². The molecule has 0 unspecified atom stereocenters. The van der Waals surface area contributed by atoms with Crippen LogP contribution in [-0.4, -0.2) is 30.6 Å². The van der Waals surface area contributed by atoms with Crippen molar-refractivity contribution in [2.45, 2.75) is 13.5 Å². The van der Waals surface area contributed by atoms with Crippen LogP contribution in [0.1, 0.15) is 21.8 Å². The van der Waals surface area contributed by atoms with Crippen LogP contribution in [0.3, 0.4) is 0 Å². The number of nitrogens with zero attached hydrogens (tertiary/aromatic N) is 5. The normalized spacial score (nSPS) is 10.8. The smallest absolute Gasteiger partial charge is 0.307 e. The van der Waals surface area contributed by atoms with Crippen molar-refractivity contribution in [2.24, 2.45) is 7.05 Å². The second kappa shape index (κ2) is 8.75. The van der Waals surface area contributed by atoms with Crippen molar-refractivity contribution in [3.63, 3.8) is 0 Å². The van der Waals surface area contributed by atoms with E-state index in [0.29, 0.717) is 32.9 Å². The van der Waals surface area contributed by atoms with Gasteiger partial charge in [0.05, 0.1) is 6.20 Å². The van der Waals surface area contributed by atoms with E-state index in [9.17, 15) is 4.79 Å². The first-order valence-electron chi connectivity index (χ1n) is 9.18. The summed E-state index contributed by atoms with van der Waals surface area (Å²) in [6.45, 7) is 1.98. The number of rotatable bonds is 6. The average Bonchev–Trinajstić information content (AvgIpc) is 3.38. The highest BCUT2D eigenvalue weighted by atomic mass is 35.5. The predicted octanol–water partition coefficient (Wildman–Crippen LogP) is 4.15. The predicted molar refractivity (Wildman–Crippen MR) is 116 cm³/mol. The molecule has 0 bridgehead atoms. The minimum Gasteiger partial charge on any atom is -0.440 e. The Morgan fingerprint density at radius 2 is 1.97 bits per heavy atom. The SMILES string of the molecule is Cc1cnc(Nc2ccnn2C)nc1-c1coc(C(=O)NCc2c(Cl)cccc2Cl)n1. The first-order chi connectivity index (χ1) is 14.9. The fraction of sp³-hybridized carbons (Fsp3) is 0.150. The van der Waals surface area contributed by atoms with Crippen LogP contribution in [0.2, 0.25) is 10.0 Å². The number of nitrogens with one attached hydrogen (secondary N) is 2. The Labute approximate surface area is 187 Å². The average molecular weight is 458 g/mol. The monoisotopic (exact) mass is 457 g/mol. The Hall–Kier alpha value is -3.43. The number of aromatic nitrogens is 5. The van der Waals surface area contributed by atoms with Gasteiger partial charge in [0.15, 0.2) is 0 Å². The van der Waals surface area contributed by atoms with E-state index in [-0.39, 0.29) is 12.4 Å². The molecule has 0 spiro atoms. The van der Waals surface area contributed by atoms with Gasteiger partial charge in [-0.25, -0.2) is 15.0 Å². The summed E-state index contributed by atoms with van der Waals surface area (Å²) in [6.07, 6.45) is 4.70. The lowest BCUT2D eigenvalue weighted by Crippen LogP contribution is -2.23. The third-order valence-electron chi connectivity index (χ3n) is 4.46. The number of oxazole rings is 1. The Kier molecular flexibility index (Phi) is 5.88. The molecular weight excluding hydrogens is 441 g/mol. The van der Waals surface area contributed by atoms with Crippen LogP contribution in [0.5, 0.6) is 0 Å². The lowest BCUT2D eigenvalue weighted by atomic mass is 10.2. The summed E-state index contributed by atoms with van der Waals surface area (Å²) in [6, 6.07) is 6.94. The first kappa shape index (κ1) is 20.8. The summed E-state index contributed by atoms with van der Waals surface area (Å²) < 4.78 is 7.02. The molecule has 31 heavy (non-hydrogen) atoms. The van der Waals surface area contributed by atoms with Crippen molar-refractivity contribution in [3.05, 3.63) is 70.0 Å². The van der Waals surface area contributed by atoms with E-state index in [1.807, 2.05) is 6.92 Å². The van der Waals surface area contributed by atoms with E-state index in [1.165, 1.54) is 6.26 Å². The van der Waals surface area contributed by atoms with Crippen molar-refractivity contribution >= 4 is 40.9 Å². The van der Waals surface area contributed by atoms with Crippen LogP contribution >= 0.6 is 23.2 Å². The first-order valence-corrected chi connectivity index (χ1v) is 9.93. The van der Waals surface area contributed by atoms with Gasteiger partial charge >= 0.3 is 5.91 Å². The molecule has 0 aliphatic rings. The quantitative estimate of drug-likeness (QED) is 0.447. The number of amides is 1. The summed E-state index contributed by atoms with van der Waals surface area (Å²) in [4.78, 5) is 25.5. The number of halogens is 2. The number of aryl methyl sites for hydroxylation is 2. The number of anilines is 2. The second-order valence-electron chi connectivity index (χ2n) is 6.61. The molecule has 0 atom stereocenters. The largest absolute Gasteiger partial charge is 0.440 e. The summed E-state index contributed by atoms with van der Waals surface area (Å²) >= 11 is 12.3. The van der Waals surface area contributed by atoms with Gasteiger partial charge in [-0.05, 0) is 24.6 Å². The molecule has 158 valence electrons. The van der Waals surface area contributed by atoms with E-state index >= 15 is 0 Å². The van der Waals surface area contributed by atoms with Gasteiger partial charge in [0.1, 0.15) is 23.5 Å². The summed E-state index contributed by atoms with van der Waals surface area (Å²) in [5, 5.41) is 10.8. The van der Waals surface area contributed by atoms with Gasteiger partial charge in [-0.15, -0.1) is 0 Å². The minimum atomic E-state index is -0.498. The van der Waals surface area contributed by atoms with Gasteiger partial charge in [0.25, 0.3) is 5.89 Å². The zero-order valence-electron chi connectivity index (χ0n) is 16.6. The minimum absolute atomic E-state index is 0.0997. The number of hydrogen-bond acceptors (Lipinski definition) is 7. The molecule has 0 saturated carbocycles. The van der Waals surface area contributed by atoms with E-state index in [2.05, 4.69) is 30.7 Å². The fourth-order valence-electron chi connectivity index (χ4n) is 2.80. The van der Waals surface area contributed by atoms with Crippen LogP contribution in [0.15, 0.2) is 47.3 Å². The fourth-order valence-corrected chi connectivity index (χ4v) is 3.34. The topological polar surface area (TPSA) is 111 Å². The number of hydrogen-bond donors (Lipinski definition) is 2. The summed E-state index contributed by atoms with van der Waals surface area (Å²) in [7, 11) is 1.80. The molecule has 1 amide bonds. The molecular formula is C20H17Cl2N7O2. The highest BCUT2D eigenvalue weighted by molar-refractivity contribution is 6.36. The molecule has 1 aromatic carbocycles. The molecule has 0 fully saturated rings. The van der Waals surface area contributed by atoms with Crippen molar-refractivity contribution in [3.8, 4) is 11.4 Å². The van der Waals surface area contributed by atoms with Gasteiger partial charge < -0.3 is 15.1 Å². The molecule has 3 heterocycles. The lowest BCUT2D eigenvalue weighted by molar-refractivity contribution is 0.0916. The third kappa shape index (κ3) is 4.52. The summed E-state index contributed by atoms with van der Waals surface area (Å²) in [5.74, 6) is 0.499. The van der Waals surface area contributed by atoms with Crippen LogP contribution in [0.4, 0.5) is 11.8 Å². The number of carbonyl (C=O) groups excluding carboxylic acids is 1. The highest BCUT2D eigenvalue weighted by Gasteiger charge is 2.18. The Balaban J connectivity index is 1.51. The van der Waals surface area contributed by atoms with E-state index in [1.54, 1.807) is 48.4 Å². The zero-order valence-corrected chi connectivity index (χ0v) is 18.1. The second-order valence-corrected chi connectivity index (χ2v) is 7.43. The van der Waals surface area contributed by atoms with Gasteiger partial charge in [0.2, 0.25) is 5.95 Å². The van der Waals surface area contributed by atoms with Gasteiger partial charge in [-0.2, -0.15) is 5.10 Å². The van der Waals surface area contributed by atoms with E-state index in [0.717, 1.165) is 11.4 Å².